The Morgan fingerprint density at radius 1 is 1.27 bits per heavy atom. The molecule has 26 heavy (non-hydrogen) atoms. The van der Waals surface area contributed by atoms with Gasteiger partial charge in [0.2, 0.25) is 5.91 Å². The van der Waals surface area contributed by atoms with Crippen LogP contribution in [0, 0.1) is 5.92 Å². The quantitative estimate of drug-likeness (QED) is 0.461. The monoisotopic (exact) mass is 365 g/mol. The van der Waals surface area contributed by atoms with Gasteiger partial charge in [-0.25, -0.2) is 0 Å². The van der Waals surface area contributed by atoms with Crippen molar-refractivity contribution in [2.75, 3.05) is 26.7 Å². The van der Waals surface area contributed by atoms with Gasteiger partial charge in [-0.05, 0) is 54.1 Å². The van der Waals surface area contributed by atoms with Gasteiger partial charge in [-0.3, -0.25) is 4.79 Å². The first-order valence-electron chi connectivity index (χ1n) is 9.92. The molecule has 150 valence electrons. The first kappa shape index (κ1) is 22.7. The fraction of sp³-hybridized carbons (Fsp3) is 0.762. The number of allylic oxidation sites excluding steroid dienone is 1. The molecule has 5 nitrogen and oxygen atoms in total. The first-order valence-corrected chi connectivity index (χ1v) is 9.92. The predicted molar refractivity (Wildman–Crippen MR) is 109 cm³/mol. The van der Waals surface area contributed by atoms with E-state index in [2.05, 4.69) is 55.9 Å². The lowest BCUT2D eigenvalue weighted by atomic mass is 9.94. The van der Waals surface area contributed by atoms with E-state index in [1.165, 1.54) is 5.70 Å². The van der Waals surface area contributed by atoms with Crippen molar-refractivity contribution in [3.8, 4) is 0 Å². The fourth-order valence-corrected chi connectivity index (χ4v) is 3.58. The van der Waals surface area contributed by atoms with Gasteiger partial charge in [0.1, 0.15) is 0 Å². The Morgan fingerprint density at radius 2 is 1.88 bits per heavy atom. The number of morpholine rings is 1. The first-order chi connectivity index (χ1) is 12.2. The number of nitrogens with zero attached hydrogens (tertiary/aromatic N) is 1. The third-order valence-electron chi connectivity index (χ3n) is 4.88. The average molecular weight is 366 g/mol. The highest BCUT2D eigenvalue weighted by Gasteiger charge is 2.24. The molecule has 0 radical (unpaired) electrons. The SMILES string of the molecule is C=C(C)[C@H](NC(=O)CCCCNC)C(C)/C=C(\C)N1CC(C)OC(C)C1. The molecule has 1 aliphatic heterocycles. The Labute approximate surface area is 160 Å². The minimum Gasteiger partial charge on any atom is -0.372 e. The van der Waals surface area contributed by atoms with Gasteiger partial charge in [0, 0.05) is 31.1 Å². The molecular weight excluding hydrogens is 326 g/mol. The number of carbonyl (C=O) groups is 1. The number of amides is 1. The van der Waals surface area contributed by atoms with Gasteiger partial charge in [-0.2, -0.15) is 0 Å². The normalized spacial score (nSPS) is 23.5. The largest absolute Gasteiger partial charge is 0.372 e. The van der Waals surface area contributed by atoms with Crippen LogP contribution in [0.25, 0.3) is 0 Å². The Kier molecular flexibility index (Phi) is 9.96. The zero-order chi connectivity index (χ0) is 19.7. The highest BCUT2D eigenvalue weighted by molar-refractivity contribution is 5.76. The number of hydrogen-bond acceptors (Lipinski definition) is 4. The fourth-order valence-electron chi connectivity index (χ4n) is 3.58. The van der Waals surface area contributed by atoms with E-state index in [1.54, 1.807) is 0 Å². The molecule has 1 heterocycles. The third-order valence-corrected chi connectivity index (χ3v) is 4.88. The molecule has 5 heteroatoms. The summed E-state index contributed by atoms with van der Waals surface area (Å²) in [4.78, 5) is 14.7. The van der Waals surface area contributed by atoms with Crippen molar-refractivity contribution < 1.29 is 9.53 Å². The Hall–Kier alpha value is -1.33. The summed E-state index contributed by atoms with van der Waals surface area (Å²) < 4.78 is 5.82. The van der Waals surface area contributed by atoms with Crippen LogP contribution in [0.4, 0.5) is 0 Å². The van der Waals surface area contributed by atoms with Gasteiger partial charge in [0.05, 0.1) is 18.2 Å². The van der Waals surface area contributed by atoms with E-state index in [0.29, 0.717) is 6.42 Å². The number of rotatable bonds is 10. The lowest BCUT2D eigenvalue weighted by molar-refractivity contribution is -0.121. The van der Waals surface area contributed by atoms with Crippen LogP contribution >= 0.6 is 0 Å². The van der Waals surface area contributed by atoms with E-state index >= 15 is 0 Å². The van der Waals surface area contributed by atoms with Crippen molar-refractivity contribution >= 4 is 5.91 Å². The molecule has 0 saturated carbocycles. The van der Waals surface area contributed by atoms with Crippen LogP contribution in [-0.2, 0) is 9.53 Å². The van der Waals surface area contributed by atoms with E-state index in [0.717, 1.165) is 38.0 Å². The smallest absolute Gasteiger partial charge is 0.220 e. The highest BCUT2D eigenvalue weighted by Crippen LogP contribution is 2.20. The molecule has 0 bridgehead atoms. The number of hydrogen-bond donors (Lipinski definition) is 2. The summed E-state index contributed by atoms with van der Waals surface area (Å²) in [5.74, 6) is 0.308. The summed E-state index contributed by atoms with van der Waals surface area (Å²) in [6.45, 7) is 17.4. The number of carbonyl (C=O) groups excluding carboxylic acids is 1. The van der Waals surface area contributed by atoms with Crippen LogP contribution in [0.15, 0.2) is 23.9 Å². The van der Waals surface area contributed by atoms with Crippen LogP contribution < -0.4 is 10.6 Å². The molecule has 0 aliphatic carbocycles. The molecular formula is C21H39N3O2. The van der Waals surface area contributed by atoms with E-state index in [-0.39, 0.29) is 30.1 Å². The molecule has 3 unspecified atom stereocenters. The van der Waals surface area contributed by atoms with Crippen LogP contribution in [0.3, 0.4) is 0 Å². The molecule has 1 aliphatic rings. The van der Waals surface area contributed by atoms with Gasteiger partial charge < -0.3 is 20.3 Å². The zero-order valence-corrected chi connectivity index (χ0v) is 17.6. The molecule has 4 atom stereocenters. The number of nitrogens with one attached hydrogen (secondary N) is 2. The molecule has 2 N–H and O–H groups in total. The Balaban J connectivity index is 2.64. The van der Waals surface area contributed by atoms with Crippen LogP contribution in [0.5, 0.6) is 0 Å². The van der Waals surface area contributed by atoms with Gasteiger partial charge in [-0.15, -0.1) is 0 Å². The van der Waals surface area contributed by atoms with Crippen molar-refractivity contribution in [1.82, 2.24) is 15.5 Å². The highest BCUT2D eigenvalue weighted by atomic mass is 16.5. The summed E-state index contributed by atoms with van der Waals surface area (Å²) in [5, 5.41) is 6.28. The summed E-state index contributed by atoms with van der Waals surface area (Å²) in [7, 11) is 1.93. The van der Waals surface area contributed by atoms with Crippen molar-refractivity contribution in [3.05, 3.63) is 23.9 Å². The van der Waals surface area contributed by atoms with E-state index in [1.807, 2.05) is 14.0 Å². The number of ether oxygens (including phenoxy) is 1. The minimum atomic E-state index is -0.0300. The second-order valence-corrected chi connectivity index (χ2v) is 7.78. The Bertz CT molecular complexity index is 480. The lowest BCUT2D eigenvalue weighted by Gasteiger charge is -2.38. The Morgan fingerprint density at radius 3 is 2.42 bits per heavy atom. The van der Waals surface area contributed by atoms with Crippen molar-refractivity contribution in [2.45, 2.75) is 72.1 Å². The molecule has 1 amide bonds. The second kappa shape index (κ2) is 11.4. The average Bonchev–Trinajstić information content (AvgIpc) is 2.55. The molecule has 0 aromatic rings. The molecule has 1 rings (SSSR count). The third kappa shape index (κ3) is 7.92. The van der Waals surface area contributed by atoms with Crippen molar-refractivity contribution in [2.24, 2.45) is 5.92 Å². The molecule has 0 aromatic carbocycles. The topological polar surface area (TPSA) is 53.6 Å². The molecule has 1 fully saturated rings. The summed E-state index contributed by atoms with van der Waals surface area (Å²) in [5.41, 5.74) is 2.24. The molecule has 1 saturated heterocycles. The predicted octanol–water partition coefficient (Wildman–Crippen LogP) is 3.09. The van der Waals surface area contributed by atoms with E-state index < -0.39 is 0 Å². The minimum absolute atomic E-state index is 0.0300. The van der Waals surface area contributed by atoms with Crippen molar-refractivity contribution in [3.63, 3.8) is 0 Å². The summed E-state index contributed by atoms with van der Waals surface area (Å²) >= 11 is 0. The van der Waals surface area contributed by atoms with Crippen molar-refractivity contribution in [1.29, 1.82) is 0 Å². The summed E-state index contributed by atoms with van der Waals surface area (Å²) in [6, 6.07) is -0.0300. The maximum atomic E-state index is 12.3. The summed E-state index contributed by atoms with van der Waals surface area (Å²) in [6.07, 6.45) is 5.23. The van der Waals surface area contributed by atoms with E-state index in [9.17, 15) is 4.79 Å². The van der Waals surface area contributed by atoms with Crippen LogP contribution in [0.2, 0.25) is 0 Å². The maximum Gasteiger partial charge on any atom is 0.220 e. The zero-order valence-electron chi connectivity index (χ0n) is 17.6. The lowest BCUT2D eigenvalue weighted by Crippen LogP contribution is -2.45. The maximum absolute atomic E-state index is 12.3. The van der Waals surface area contributed by atoms with Crippen LogP contribution in [-0.4, -0.2) is 55.7 Å². The molecule has 0 spiro atoms. The van der Waals surface area contributed by atoms with Gasteiger partial charge >= 0.3 is 0 Å². The van der Waals surface area contributed by atoms with E-state index in [4.69, 9.17) is 4.74 Å². The second-order valence-electron chi connectivity index (χ2n) is 7.78. The van der Waals surface area contributed by atoms with Gasteiger partial charge in [0.15, 0.2) is 0 Å². The molecule has 0 aromatic heterocycles. The van der Waals surface area contributed by atoms with Gasteiger partial charge in [0.25, 0.3) is 0 Å². The number of unbranched alkanes of at least 4 members (excludes halogenated alkanes) is 1. The standard InChI is InChI=1S/C21H39N3O2/c1-15(2)21(23-20(25)10-8-9-11-22-7)16(3)12-17(4)24-13-18(5)26-19(6)14-24/h12,16,18-19,21-22H,1,8-11,13-14H2,2-7H3,(H,23,25)/b17-12+/t16?,18?,19?,21-/m0/s1. The van der Waals surface area contributed by atoms with Crippen LogP contribution in [0.1, 0.15) is 53.9 Å². The van der Waals surface area contributed by atoms with Gasteiger partial charge in [-0.1, -0.05) is 25.2 Å².